The fourth-order valence-electron chi connectivity index (χ4n) is 6.62. The van der Waals surface area contributed by atoms with E-state index in [1.165, 1.54) is 0 Å². The third kappa shape index (κ3) is 16.0. The summed E-state index contributed by atoms with van der Waals surface area (Å²) in [7, 11) is 3.95. The molecule has 0 aromatic heterocycles. The Morgan fingerprint density at radius 2 is 1.53 bits per heavy atom. The van der Waals surface area contributed by atoms with Gasteiger partial charge in [0.1, 0.15) is 0 Å². The maximum atomic E-state index is 13.7. The number of anilines is 1. The van der Waals surface area contributed by atoms with Gasteiger partial charge < -0.3 is 34.8 Å². The number of alkyl halides is 6. The number of methoxy groups -OCH3 is 1. The first-order valence-corrected chi connectivity index (χ1v) is 18.7. The number of nitrogens with zero attached hydrogens (tertiary/aromatic N) is 4. The van der Waals surface area contributed by atoms with Crippen LogP contribution in [0.5, 0.6) is 0 Å². The van der Waals surface area contributed by atoms with E-state index in [2.05, 4.69) is 56.9 Å². The second kappa shape index (κ2) is 23.2. The Labute approximate surface area is 334 Å². The number of nitrogens with one attached hydrogen (secondary N) is 1. The quantitative estimate of drug-likeness (QED) is 0.204. The molecule has 0 spiro atoms. The highest BCUT2D eigenvalue weighted by Gasteiger charge is 2.39. The molecule has 0 radical (unpaired) electrons. The van der Waals surface area contributed by atoms with Gasteiger partial charge in [-0.2, -0.15) is 26.3 Å². The minimum atomic E-state index is -5.08. The standard InChI is InChI=1S/C35H51N5O4.2C2HF3O2/c1-7-40(30-12-10-29(11-13-30)38(5)15-18-43-6)33-23-28(9-8-14-39-16-19-44-20-17-39)22-31(27(33)4)34(41)36-24-32-25(2)21-26(3)37-35(32)42;2*3-2(4,5)1(6)7/h21-23,29-30,32H,7,10-20,24H2,1-6H3,(H,36,41);2*(H,6,7). The van der Waals surface area contributed by atoms with E-state index >= 15 is 0 Å². The number of allylic oxidation sites excluding steroid dienone is 1. The van der Waals surface area contributed by atoms with Gasteiger partial charge in [-0.15, -0.1) is 0 Å². The van der Waals surface area contributed by atoms with Gasteiger partial charge in [0, 0.05) is 74.4 Å². The van der Waals surface area contributed by atoms with Crippen molar-refractivity contribution in [2.45, 2.75) is 77.8 Å². The smallest absolute Gasteiger partial charge is 0.475 e. The lowest BCUT2D eigenvalue weighted by Gasteiger charge is -2.41. The first-order valence-electron chi connectivity index (χ1n) is 18.7. The molecule has 2 heterocycles. The highest BCUT2D eigenvalue weighted by Crippen LogP contribution is 2.33. The molecule has 13 nitrogen and oxygen atoms in total. The Morgan fingerprint density at radius 1 is 0.983 bits per heavy atom. The van der Waals surface area contributed by atoms with Crippen LogP contribution in [0, 0.1) is 24.7 Å². The minimum Gasteiger partial charge on any atom is -0.475 e. The van der Waals surface area contributed by atoms with Crippen LogP contribution >= 0.6 is 0 Å². The number of carboxylic acid groups (broad SMARTS) is 2. The van der Waals surface area contributed by atoms with E-state index in [4.69, 9.17) is 29.3 Å². The van der Waals surface area contributed by atoms with E-state index in [1.807, 2.05) is 32.9 Å². The number of aliphatic carboxylic acids is 2. The average Bonchev–Trinajstić information content (AvgIpc) is 3.15. The second-order valence-electron chi connectivity index (χ2n) is 13.9. The highest BCUT2D eigenvalue weighted by molar-refractivity contribution is 6.06. The lowest BCUT2D eigenvalue weighted by molar-refractivity contribution is -0.193. The van der Waals surface area contributed by atoms with Gasteiger partial charge in [0.05, 0.1) is 32.3 Å². The van der Waals surface area contributed by atoms with E-state index in [0.717, 1.165) is 94.1 Å². The van der Waals surface area contributed by atoms with Crippen LogP contribution in [0.1, 0.15) is 67.9 Å². The molecular weight excluding hydrogens is 780 g/mol. The molecule has 19 heteroatoms. The SMILES string of the molecule is CCN(c1cc(C#CCN2CCOCC2)cc(C(=O)NCC2C(=O)N=C(C)C=C2C)c1C)C1CCC(N(C)CCOC)CC1.O=C(O)C(F)(F)F.O=C(O)C(F)(F)F. The lowest BCUT2D eigenvalue weighted by Crippen LogP contribution is -2.44. The first kappa shape index (κ1) is 49.6. The van der Waals surface area contributed by atoms with Crippen molar-refractivity contribution in [1.29, 1.82) is 0 Å². The van der Waals surface area contributed by atoms with Crippen LogP contribution in [0.3, 0.4) is 0 Å². The van der Waals surface area contributed by atoms with Crippen LogP contribution in [0.4, 0.5) is 32.0 Å². The molecule has 1 atom stereocenters. The third-order valence-corrected chi connectivity index (χ3v) is 9.82. The van der Waals surface area contributed by atoms with E-state index in [9.17, 15) is 35.9 Å². The van der Waals surface area contributed by atoms with Gasteiger partial charge in [-0.1, -0.05) is 17.4 Å². The van der Waals surface area contributed by atoms with Crippen molar-refractivity contribution < 1.29 is 65.2 Å². The van der Waals surface area contributed by atoms with Crippen LogP contribution in [-0.4, -0.2) is 147 Å². The molecule has 324 valence electrons. The molecule has 1 aromatic carbocycles. The molecule has 1 unspecified atom stereocenters. The monoisotopic (exact) mass is 833 g/mol. The van der Waals surface area contributed by atoms with E-state index in [-0.39, 0.29) is 18.4 Å². The third-order valence-electron chi connectivity index (χ3n) is 9.82. The number of dihydropyridines is 1. The zero-order chi connectivity index (χ0) is 43.8. The number of likely N-dealkylation sites (N-methyl/N-ethyl adjacent to an activating group) is 1. The number of carbonyl (C=O) groups excluding carboxylic acids is 2. The number of hydrogen-bond acceptors (Lipinski definition) is 9. The number of ether oxygens (including phenoxy) is 2. The Balaban J connectivity index is 0.000000707. The number of morpholine rings is 1. The Morgan fingerprint density at radius 3 is 2.03 bits per heavy atom. The van der Waals surface area contributed by atoms with Crippen LogP contribution in [0.15, 0.2) is 28.8 Å². The number of halogens is 6. The van der Waals surface area contributed by atoms with Crippen molar-refractivity contribution in [3.05, 3.63) is 40.5 Å². The summed E-state index contributed by atoms with van der Waals surface area (Å²) in [6, 6.07) is 5.03. The fraction of sp³-hybridized carbons (Fsp3) is 0.615. The predicted octanol–water partition coefficient (Wildman–Crippen LogP) is 4.95. The lowest BCUT2D eigenvalue weighted by atomic mass is 9.88. The number of hydrogen-bond donors (Lipinski definition) is 3. The van der Waals surface area contributed by atoms with Crippen molar-refractivity contribution in [2.75, 3.05) is 78.1 Å². The van der Waals surface area contributed by atoms with Gasteiger partial charge in [-0.25, -0.2) is 14.6 Å². The van der Waals surface area contributed by atoms with Crippen molar-refractivity contribution in [2.24, 2.45) is 10.9 Å². The molecule has 0 bridgehead atoms. The van der Waals surface area contributed by atoms with Crippen molar-refractivity contribution in [3.8, 4) is 11.8 Å². The molecule has 1 saturated heterocycles. The zero-order valence-electron chi connectivity index (χ0n) is 33.6. The Kier molecular flexibility index (Phi) is 19.8. The molecule has 4 rings (SSSR count). The number of rotatable bonds is 11. The molecular formula is C39H53F6N5O8. The number of aliphatic imine (C=N–C) groups is 1. The molecule has 1 aliphatic carbocycles. The van der Waals surface area contributed by atoms with E-state index < -0.39 is 30.2 Å². The van der Waals surface area contributed by atoms with Gasteiger partial charge in [0.25, 0.3) is 11.8 Å². The maximum absolute atomic E-state index is 13.7. The van der Waals surface area contributed by atoms with E-state index in [1.54, 1.807) is 7.11 Å². The van der Waals surface area contributed by atoms with Crippen molar-refractivity contribution >= 4 is 35.2 Å². The number of carboxylic acids is 2. The van der Waals surface area contributed by atoms with Crippen LogP contribution in [-0.2, 0) is 23.9 Å². The van der Waals surface area contributed by atoms with Gasteiger partial charge >= 0.3 is 24.3 Å². The zero-order valence-corrected chi connectivity index (χ0v) is 33.6. The van der Waals surface area contributed by atoms with Crippen LogP contribution in [0.25, 0.3) is 0 Å². The van der Waals surface area contributed by atoms with Gasteiger partial charge in [-0.3, -0.25) is 14.5 Å². The topological polar surface area (TPSA) is 161 Å². The summed E-state index contributed by atoms with van der Waals surface area (Å²) in [5.41, 5.74) is 5.07. The summed E-state index contributed by atoms with van der Waals surface area (Å²) in [5.74, 6) is 0.358. The van der Waals surface area contributed by atoms with E-state index in [0.29, 0.717) is 29.9 Å². The molecule has 58 heavy (non-hydrogen) atoms. The summed E-state index contributed by atoms with van der Waals surface area (Å²) in [6.07, 6.45) is -3.79. The highest BCUT2D eigenvalue weighted by atomic mass is 19.4. The maximum Gasteiger partial charge on any atom is 0.490 e. The van der Waals surface area contributed by atoms with Gasteiger partial charge in [0.2, 0.25) is 0 Å². The Bertz CT molecular complexity index is 1670. The number of benzene rings is 1. The van der Waals surface area contributed by atoms with Gasteiger partial charge in [-0.05, 0) is 84.2 Å². The summed E-state index contributed by atoms with van der Waals surface area (Å²) in [4.78, 5) is 55.4. The van der Waals surface area contributed by atoms with Gasteiger partial charge in [0.15, 0.2) is 0 Å². The minimum absolute atomic E-state index is 0.188. The van der Waals surface area contributed by atoms with Crippen molar-refractivity contribution in [1.82, 2.24) is 15.1 Å². The molecule has 1 saturated carbocycles. The number of amides is 2. The molecule has 2 fully saturated rings. The first-order chi connectivity index (χ1) is 27.1. The second-order valence-corrected chi connectivity index (χ2v) is 13.9. The van der Waals surface area contributed by atoms with Crippen LogP contribution in [0.2, 0.25) is 0 Å². The largest absolute Gasteiger partial charge is 0.490 e. The summed E-state index contributed by atoms with van der Waals surface area (Å²) >= 11 is 0. The normalized spacial score (nSPS) is 19.9. The summed E-state index contributed by atoms with van der Waals surface area (Å²) in [5, 5.41) is 17.3. The van der Waals surface area contributed by atoms with Crippen molar-refractivity contribution in [3.63, 3.8) is 0 Å². The summed E-state index contributed by atoms with van der Waals surface area (Å²) in [6.45, 7) is 14.6. The molecule has 3 aliphatic rings. The molecule has 3 N–H and O–H groups in total. The molecule has 2 aliphatic heterocycles. The van der Waals surface area contributed by atoms with Crippen LogP contribution < -0.4 is 10.2 Å². The Hall–Kier alpha value is -4.51. The molecule has 2 amide bonds. The molecule has 1 aromatic rings. The number of carbonyl (C=O) groups is 4. The fourth-order valence-corrected chi connectivity index (χ4v) is 6.62. The summed E-state index contributed by atoms with van der Waals surface area (Å²) < 4.78 is 74.2. The average molecular weight is 834 g/mol. The predicted molar refractivity (Wildman–Crippen MR) is 204 cm³/mol.